The summed E-state index contributed by atoms with van der Waals surface area (Å²) >= 11 is 0. The number of nitrogens with zero attached hydrogens (tertiary/aromatic N) is 4. The standard InChI is InChI=1S/C21H24N4O/c26-21(17-5-2-1-3-6-17)25-12-4-7-18(14-25)20-19(13-23-15-24-20)16-8-10-22-11-9-16/h1-2,8-11,13,15,17-18H,3-7,12,14H2/t17-,18-/m1/s1. The highest BCUT2D eigenvalue weighted by molar-refractivity contribution is 5.79. The zero-order chi connectivity index (χ0) is 17.8. The van der Waals surface area contributed by atoms with Crippen LogP contribution in [-0.4, -0.2) is 38.8 Å². The van der Waals surface area contributed by atoms with Crippen LogP contribution in [-0.2, 0) is 4.79 Å². The molecule has 0 N–H and O–H groups in total. The highest BCUT2D eigenvalue weighted by Gasteiger charge is 2.31. The van der Waals surface area contributed by atoms with Crippen molar-refractivity contribution >= 4 is 5.91 Å². The summed E-state index contributed by atoms with van der Waals surface area (Å²) in [6.45, 7) is 1.62. The van der Waals surface area contributed by atoms with E-state index in [0.717, 1.165) is 62.0 Å². The van der Waals surface area contributed by atoms with Crippen molar-refractivity contribution in [2.75, 3.05) is 13.1 Å². The number of likely N-dealkylation sites (tertiary alicyclic amines) is 1. The van der Waals surface area contributed by atoms with E-state index in [2.05, 4.69) is 32.0 Å². The molecule has 0 saturated carbocycles. The van der Waals surface area contributed by atoms with E-state index in [1.165, 1.54) is 0 Å². The number of amides is 1. The third-order valence-corrected chi connectivity index (χ3v) is 5.47. The normalized spacial score (nSPS) is 23.0. The topological polar surface area (TPSA) is 59.0 Å². The van der Waals surface area contributed by atoms with Gasteiger partial charge in [-0.3, -0.25) is 9.78 Å². The van der Waals surface area contributed by atoms with Crippen LogP contribution >= 0.6 is 0 Å². The Kier molecular flexibility index (Phi) is 5.04. The Hall–Kier alpha value is -2.56. The molecule has 5 heteroatoms. The summed E-state index contributed by atoms with van der Waals surface area (Å²) in [6, 6.07) is 3.98. The van der Waals surface area contributed by atoms with Gasteiger partial charge in [0.2, 0.25) is 5.91 Å². The molecule has 1 saturated heterocycles. The minimum absolute atomic E-state index is 0.156. The van der Waals surface area contributed by atoms with Crippen molar-refractivity contribution in [2.45, 2.75) is 38.0 Å². The van der Waals surface area contributed by atoms with Crippen molar-refractivity contribution in [1.29, 1.82) is 0 Å². The average Bonchev–Trinajstić information content (AvgIpc) is 2.74. The molecule has 0 radical (unpaired) electrons. The molecule has 1 aliphatic carbocycles. The third kappa shape index (κ3) is 3.52. The Bertz CT molecular complexity index is 790. The molecule has 1 amide bonds. The molecule has 2 aliphatic rings. The number of allylic oxidation sites excluding steroid dienone is 2. The molecule has 2 aromatic rings. The Balaban J connectivity index is 1.55. The Morgan fingerprint density at radius 2 is 2.00 bits per heavy atom. The molecule has 5 nitrogen and oxygen atoms in total. The summed E-state index contributed by atoms with van der Waals surface area (Å²) in [5.41, 5.74) is 3.18. The van der Waals surface area contributed by atoms with Crippen LogP contribution in [0.2, 0.25) is 0 Å². The molecular weight excluding hydrogens is 324 g/mol. The molecule has 0 bridgehead atoms. The van der Waals surface area contributed by atoms with Gasteiger partial charge in [0.25, 0.3) is 0 Å². The number of pyridine rings is 1. The van der Waals surface area contributed by atoms with Gasteiger partial charge in [-0.1, -0.05) is 12.2 Å². The van der Waals surface area contributed by atoms with E-state index in [9.17, 15) is 4.79 Å². The Labute approximate surface area is 154 Å². The van der Waals surface area contributed by atoms with Crippen molar-refractivity contribution in [2.24, 2.45) is 5.92 Å². The molecule has 0 aromatic carbocycles. The van der Waals surface area contributed by atoms with E-state index in [0.29, 0.717) is 5.91 Å². The predicted molar refractivity (Wildman–Crippen MR) is 100 cm³/mol. The summed E-state index contributed by atoms with van der Waals surface area (Å²) in [5, 5.41) is 0. The summed E-state index contributed by atoms with van der Waals surface area (Å²) in [6.07, 6.45) is 16.4. The Morgan fingerprint density at radius 1 is 1.12 bits per heavy atom. The van der Waals surface area contributed by atoms with E-state index < -0.39 is 0 Å². The first-order valence-corrected chi connectivity index (χ1v) is 9.47. The van der Waals surface area contributed by atoms with Crippen molar-refractivity contribution in [3.8, 4) is 11.1 Å². The number of piperidine rings is 1. The lowest BCUT2D eigenvalue weighted by atomic mass is 9.88. The van der Waals surface area contributed by atoms with E-state index in [1.807, 2.05) is 18.3 Å². The van der Waals surface area contributed by atoms with Crippen LogP contribution in [0.5, 0.6) is 0 Å². The van der Waals surface area contributed by atoms with Gasteiger partial charge in [-0.25, -0.2) is 9.97 Å². The molecule has 3 heterocycles. The van der Waals surface area contributed by atoms with Crippen molar-refractivity contribution in [3.05, 3.63) is 54.9 Å². The molecule has 26 heavy (non-hydrogen) atoms. The quantitative estimate of drug-likeness (QED) is 0.795. The summed E-state index contributed by atoms with van der Waals surface area (Å²) in [7, 11) is 0. The first-order chi connectivity index (χ1) is 12.8. The number of hydrogen-bond acceptors (Lipinski definition) is 4. The second-order valence-electron chi connectivity index (χ2n) is 7.16. The molecule has 2 aromatic heterocycles. The third-order valence-electron chi connectivity index (χ3n) is 5.47. The molecule has 134 valence electrons. The lowest BCUT2D eigenvalue weighted by Gasteiger charge is -2.35. The minimum Gasteiger partial charge on any atom is -0.342 e. The SMILES string of the molecule is O=C([C@@H]1CC=CCC1)N1CCC[C@@H](c2ncncc2-c2ccncc2)C1. The fraction of sp³-hybridized carbons (Fsp3) is 0.429. The van der Waals surface area contributed by atoms with Crippen LogP contribution in [0.25, 0.3) is 11.1 Å². The van der Waals surface area contributed by atoms with E-state index in [4.69, 9.17) is 0 Å². The minimum atomic E-state index is 0.156. The second kappa shape index (κ2) is 7.77. The number of aromatic nitrogens is 3. The number of carbonyl (C=O) groups excluding carboxylic acids is 1. The van der Waals surface area contributed by atoms with Gasteiger partial charge in [0, 0.05) is 49.1 Å². The van der Waals surface area contributed by atoms with Crippen LogP contribution in [0.3, 0.4) is 0 Å². The fourth-order valence-electron chi connectivity index (χ4n) is 4.09. The molecule has 0 spiro atoms. The van der Waals surface area contributed by atoms with Gasteiger partial charge in [-0.2, -0.15) is 0 Å². The van der Waals surface area contributed by atoms with Crippen LogP contribution < -0.4 is 0 Å². The maximum Gasteiger partial charge on any atom is 0.226 e. The largest absolute Gasteiger partial charge is 0.342 e. The van der Waals surface area contributed by atoms with Crippen molar-refractivity contribution in [3.63, 3.8) is 0 Å². The average molecular weight is 348 g/mol. The lowest BCUT2D eigenvalue weighted by Crippen LogP contribution is -2.42. The maximum atomic E-state index is 12.9. The molecule has 1 aliphatic heterocycles. The number of carbonyl (C=O) groups is 1. The van der Waals surface area contributed by atoms with E-state index in [-0.39, 0.29) is 11.8 Å². The first kappa shape index (κ1) is 16.9. The van der Waals surface area contributed by atoms with Gasteiger partial charge in [0.1, 0.15) is 6.33 Å². The maximum absolute atomic E-state index is 12.9. The van der Waals surface area contributed by atoms with Gasteiger partial charge in [-0.05, 0) is 49.8 Å². The van der Waals surface area contributed by atoms with Crippen molar-refractivity contribution < 1.29 is 4.79 Å². The highest BCUT2D eigenvalue weighted by atomic mass is 16.2. The summed E-state index contributed by atoms with van der Waals surface area (Å²) < 4.78 is 0. The van der Waals surface area contributed by atoms with Crippen molar-refractivity contribution in [1.82, 2.24) is 19.9 Å². The van der Waals surface area contributed by atoms with Gasteiger partial charge in [0.05, 0.1) is 5.69 Å². The highest BCUT2D eigenvalue weighted by Crippen LogP contribution is 2.33. The van der Waals surface area contributed by atoms with E-state index >= 15 is 0 Å². The number of rotatable bonds is 3. The molecule has 1 fully saturated rings. The monoisotopic (exact) mass is 348 g/mol. The second-order valence-corrected chi connectivity index (χ2v) is 7.16. The number of hydrogen-bond donors (Lipinski definition) is 0. The van der Waals surface area contributed by atoms with Crippen LogP contribution in [0.1, 0.15) is 43.7 Å². The van der Waals surface area contributed by atoms with Crippen LogP contribution in [0, 0.1) is 5.92 Å². The first-order valence-electron chi connectivity index (χ1n) is 9.47. The summed E-state index contributed by atoms with van der Waals surface area (Å²) in [4.78, 5) is 27.9. The van der Waals surface area contributed by atoms with Gasteiger partial charge in [-0.15, -0.1) is 0 Å². The van der Waals surface area contributed by atoms with Crippen LogP contribution in [0.15, 0.2) is 49.2 Å². The molecule has 4 rings (SSSR count). The van der Waals surface area contributed by atoms with E-state index in [1.54, 1.807) is 18.7 Å². The van der Waals surface area contributed by atoms with Gasteiger partial charge >= 0.3 is 0 Å². The smallest absolute Gasteiger partial charge is 0.226 e. The van der Waals surface area contributed by atoms with Crippen LogP contribution in [0.4, 0.5) is 0 Å². The van der Waals surface area contributed by atoms with Gasteiger partial charge in [0.15, 0.2) is 0 Å². The zero-order valence-electron chi connectivity index (χ0n) is 14.9. The van der Waals surface area contributed by atoms with Gasteiger partial charge < -0.3 is 4.90 Å². The zero-order valence-corrected chi connectivity index (χ0v) is 14.9. The Morgan fingerprint density at radius 3 is 2.81 bits per heavy atom. The predicted octanol–water partition coefficient (Wildman–Crippen LogP) is 3.60. The molecule has 0 unspecified atom stereocenters. The molecular formula is C21H24N4O. The fourth-order valence-corrected chi connectivity index (χ4v) is 4.09. The lowest BCUT2D eigenvalue weighted by molar-refractivity contribution is -0.137. The molecule has 2 atom stereocenters. The summed E-state index contributed by atoms with van der Waals surface area (Å²) in [5.74, 6) is 0.736.